The predicted molar refractivity (Wildman–Crippen MR) is 80.2 cm³/mol. The summed E-state index contributed by atoms with van der Waals surface area (Å²) in [6, 6.07) is 6.36. The molecule has 0 spiro atoms. The van der Waals surface area contributed by atoms with Crippen LogP contribution in [0.15, 0.2) is 18.2 Å². The van der Waals surface area contributed by atoms with Gasteiger partial charge in [0.25, 0.3) is 5.69 Å². The molecule has 2 rings (SSSR count). The topological polar surface area (TPSA) is 94.2 Å². The third kappa shape index (κ3) is 4.41. The molecular weight excluding hydrogens is 270 g/mol. The lowest BCUT2D eigenvalue weighted by molar-refractivity contribution is -0.384. The van der Waals surface area contributed by atoms with Gasteiger partial charge in [0.2, 0.25) is 0 Å². The van der Waals surface area contributed by atoms with E-state index >= 15 is 0 Å². The molecule has 1 aliphatic heterocycles. The minimum atomic E-state index is -0.431. The summed E-state index contributed by atoms with van der Waals surface area (Å²) in [7, 11) is 0. The molecule has 1 heterocycles. The number of hydrogen-bond donors (Lipinski definition) is 2. The van der Waals surface area contributed by atoms with Crippen molar-refractivity contribution in [3.05, 3.63) is 33.9 Å². The number of benzene rings is 1. The molecule has 1 aromatic rings. The average molecular weight is 289 g/mol. The van der Waals surface area contributed by atoms with Crippen molar-refractivity contribution in [3.63, 3.8) is 0 Å². The fourth-order valence-corrected chi connectivity index (χ4v) is 2.37. The monoisotopic (exact) mass is 289 g/mol. The highest BCUT2D eigenvalue weighted by Crippen LogP contribution is 2.25. The molecule has 1 aromatic carbocycles. The van der Waals surface area contributed by atoms with E-state index in [1.165, 1.54) is 18.2 Å². The number of nitro benzene ring substituents is 1. The molecule has 1 aliphatic rings. The van der Waals surface area contributed by atoms with E-state index < -0.39 is 4.92 Å². The first-order chi connectivity index (χ1) is 10.2. The van der Waals surface area contributed by atoms with Gasteiger partial charge in [-0.1, -0.05) is 0 Å². The van der Waals surface area contributed by atoms with Crippen LogP contribution in [0.3, 0.4) is 0 Å². The Morgan fingerprint density at radius 1 is 1.43 bits per heavy atom. The molecule has 0 atom stereocenters. The molecule has 7 heteroatoms. The summed E-state index contributed by atoms with van der Waals surface area (Å²) in [6.45, 7) is 5.75. The van der Waals surface area contributed by atoms with Crippen molar-refractivity contribution in [2.24, 2.45) is 0 Å². The smallest absolute Gasteiger partial charge is 0.292 e. The normalized spacial score (nSPS) is 15.4. The van der Waals surface area contributed by atoms with Crippen molar-refractivity contribution in [1.82, 2.24) is 10.2 Å². The quantitative estimate of drug-likeness (QED) is 0.464. The number of nitrogens with one attached hydrogen (secondary N) is 2. The molecule has 0 aliphatic carbocycles. The summed E-state index contributed by atoms with van der Waals surface area (Å²) in [5.41, 5.74) is 0.848. The van der Waals surface area contributed by atoms with Crippen molar-refractivity contribution in [2.45, 2.75) is 6.42 Å². The molecule has 0 radical (unpaired) electrons. The van der Waals surface area contributed by atoms with Crippen LogP contribution < -0.4 is 10.6 Å². The zero-order chi connectivity index (χ0) is 15.1. The Hall–Kier alpha value is -2.17. The van der Waals surface area contributed by atoms with Crippen LogP contribution in [0.25, 0.3) is 0 Å². The van der Waals surface area contributed by atoms with Crippen LogP contribution in [0, 0.1) is 21.4 Å². The van der Waals surface area contributed by atoms with Gasteiger partial charge >= 0.3 is 0 Å². The van der Waals surface area contributed by atoms with Gasteiger partial charge in [0, 0.05) is 38.8 Å². The van der Waals surface area contributed by atoms with Gasteiger partial charge in [0.1, 0.15) is 5.69 Å². The van der Waals surface area contributed by atoms with Crippen LogP contribution in [0.5, 0.6) is 0 Å². The molecule has 0 saturated carbocycles. The molecule has 1 fully saturated rings. The van der Waals surface area contributed by atoms with Crippen molar-refractivity contribution >= 4 is 11.4 Å². The van der Waals surface area contributed by atoms with Gasteiger partial charge < -0.3 is 15.5 Å². The van der Waals surface area contributed by atoms with Gasteiger partial charge in [-0.15, -0.1) is 0 Å². The second-order valence-corrected chi connectivity index (χ2v) is 4.97. The first-order valence-corrected chi connectivity index (χ1v) is 7.06. The second kappa shape index (κ2) is 7.57. The van der Waals surface area contributed by atoms with Gasteiger partial charge in [-0.05, 0) is 25.1 Å². The van der Waals surface area contributed by atoms with Crippen molar-refractivity contribution < 1.29 is 4.92 Å². The number of nitrogens with zero attached hydrogens (tertiary/aromatic N) is 3. The highest BCUT2D eigenvalue weighted by Gasteiger charge is 2.14. The molecule has 0 unspecified atom stereocenters. The van der Waals surface area contributed by atoms with E-state index in [0.29, 0.717) is 17.8 Å². The predicted octanol–water partition coefficient (Wildman–Crippen LogP) is 1.17. The summed E-state index contributed by atoms with van der Waals surface area (Å²) in [5.74, 6) is 0. The second-order valence-electron chi connectivity index (χ2n) is 4.97. The number of hydrogen-bond acceptors (Lipinski definition) is 6. The summed E-state index contributed by atoms with van der Waals surface area (Å²) in [4.78, 5) is 12.9. The van der Waals surface area contributed by atoms with Crippen LogP contribution in [0.1, 0.15) is 12.0 Å². The summed E-state index contributed by atoms with van der Waals surface area (Å²) in [6.07, 6.45) is 0.911. The SMILES string of the molecule is N#Cc1ccc([N+](=O)[O-])c(NCCCN2CCNCC2)c1. The third-order valence-corrected chi connectivity index (χ3v) is 3.50. The molecule has 21 heavy (non-hydrogen) atoms. The Balaban J connectivity index is 1.86. The lowest BCUT2D eigenvalue weighted by atomic mass is 10.2. The van der Waals surface area contributed by atoms with Gasteiger partial charge in [-0.2, -0.15) is 5.26 Å². The standard InChI is InChI=1S/C14H19N5O2/c15-11-12-2-3-14(19(20)21)13(10-12)17-4-1-7-18-8-5-16-6-9-18/h2-3,10,16-17H,1,4-9H2. The number of nitriles is 1. The molecule has 0 bridgehead atoms. The first kappa shape index (κ1) is 15.2. The zero-order valence-electron chi connectivity index (χ0n) is 11.8. The van der Waals surface area contributed by atoms with Gasteiger partial charge in [0.05, 0.1) is 16.6 Å². The van der Waals surface area contributed by atoms with Crippen LogP contribution in [0.2, 0.25) is 0 Å². The lowest BCUT2D eigenvalue weighted by Crippen LogP contribution is -2.44. The van der Waals surface area contributed by atoms with Crippen molar-refractivity contribution in [1.29, 1.82) is 5.26 Å². The Labute approximate surface area is 123 Å². The van der Waals surface area contributed by atoms with E-state index in [0.717, 1.165) is 39.1 Å². The molecular formula is C14H19N5O2. The molecule has 112 valence electrons. The molecule has 7 nitrogen and oxygen atoms in total. The van der Waals surface area contributed by atoms with Crippen molar-refractivity contribution in [2.75, 3.05) is 44.6 Å². The van der Waals surface area contributed by atoms with Gasteiger partial charge in [-0.3, -0.25) is 10.1 Å². The third-order valence-electron chi connectivity index (χ3n) is 3.50. The van der Waals surface area contributed by atoms with E-state index in [1.54, 1.807) is 0 Å². The lowest BCUT2D eigenvalue weighted by Gasteiger charge is -2.27. The van der Waals surface area contributed by atoms with E-state index in [9.17, 15) is 10.1 Å². The first-order valence-electron chi connectivity index (χ1n) is 7.06. The zero-order valence-corrected chi connectivity index (χ0v) is 11.8. The fourth-order valence-electron chi connectivity index (χ4n) is 2.37. The summed E-state index contributed by atoms with van der Waals surface area (Å²) >= 11 is 0. The average Bonchev–Trinajstić information content (AvgIpc) is 2.52. The molecule has 0 aromatic heterocycles. The van der Waals surface area contributed by atoms with E-state index in [-0.39, 0.29) is 5.69 Å². The Morgan fingerprint density at radius 3 is 2.86 bits per heavy atom. The van der Waals surface area contributed by atoms with E-state index in [2.05, 4.69) is 15.5 Å². The van der Waals surface area contributed by atoms with Crippen LogP contribution in [0.4, 0.5) is 11.4 Å². The molecule has 0 amide bonds. The Kier molecular flexibility index (Phi) is 5.49. The summed E-state index contributed by atoms with van der Waals surface area (Å²) in [5, 5.41) is 26.2. The molecule has 2 N–H and O–H groups in total. The van der Waals surface area contributed by atoms with Crippen molar-refractivity contribution in [3.8, 4) is 6.07 Å². The largest absolute Gasteiger partial charge is 0.379 e. The minimum absolute atomic E-state index is 0.0103. The highest BCUT2D eigenvalue weighted by atomic mass is 16.6. The van der Waals surface area contributed by atoms with Gasteiger partial charge in [-0.25, -0.2) is 0 Å². The number of rotatable bonds is 6. The fraction of sp³-hybridized carbons (Fsp3) is 0.500. The molecule has 1 saturated heterocycles. The van der Waals surface area contributed by atoms with E-state index in [4.69, 9.17) is 5.26 Å². The van der Waals surface area contributed by atoms with Crippen LogP contribution in [-0.4, -0.2) is 49.1 Å². The van der Waals surface area contributed by atoms with E-state index in [1.807, 2.05) is 6.07 Å². The number of anilines is 1. The Morgan fingerprint density at radius 2 is 2.19 bits per heavy atom. The minimum Gasteiger partial charge on any atom is -0.379 e. The van der Waals surface area contributed by atoms with Crippen LogP contribution >= 0.6 is 0 Å². The highest BCUT2D eigenvalue weighted by molar-refractivity contribution is 5.64. The summed E-state index contributed by atoms with van der Waals surface area (Å²) < 4.78 is 0. The maximum absolute atomic E-state index is 11.0. The van der Waals surface area contributed by atoms with Gasteiger partial charge in [0.15, 0.2) is 0 Å². The maximum atomic E-state index is 11.0. The van der Waals surface area contributed by atoms with Crippen LogP contribution in [-0.2, 0) is 0 Å². The Bertz CT molecular complexity index is 535. The number of piperazine rings is 1. The maximum Gasteiger partial charge on any atom is 0.292 e. The number of nitro groups is 1.